The lowest BCUT2D eigenvalue weighted by Crippen LogP contribution is -2.15. The topological polar surface area (TPSA) is 114 Å². The monoisotopic (exact) mass is 387 g/mol. The van der Waals surface area contributed by atoms with Crippen molar-refractivity contribution in [1.82, 2.24) is 10.2 Å². The van der Waals surface area contributed by atoms with Crippen LogP contribution in [-0.2, 0) is 4.74 Å². The first-order valence-electron chi connectivity index (χ1n) is 8.14. The van der Waals surface area contributed by atoms with Gasteiger partial charge in [0.15, 0.2) is 17.2 Å². The molecule has 27 heavy (non-hydrogen) atoms. The molecule has 3 rings (SSSR count). The maximum Gasteiger partial charge on any atom is 0.341 e. The number of ether oxygens (including phenoxy) is 1. The maximum atomic E-state index is 12.6. The van der Waals surface area contributed by atoms with Crippen molar-refractivity contribution in [3.8, 4) is 11.5 Å². The zero-order valence-corrected chi connectivity index (χ0v) is 15.7. The summed E-state index contributed by atoms with van der Waals surface area (Å²) < 4.78 is 10.3. The molecule has 0 aromatic carbocycles. The minimum Gasteiger partial charge on any atom is -0.463 e. The Hall–Kier alpha value is -3.20. The second-order valence-corrected chi connectivity index (χ2v) is 6.66. The molecule has 0 aliphatic rings. The minimum atomic E-state index is -0.590. The third-order valence-electron chi connectivity index (χ3n) is 3.77. The van der Waals surface area contributed by atoms with Crippen LogP contribution in [0.25, 0.3) is 11.5 Å². The van der Waals surface area contributed by atoms with Gasteiger partial charge in [0.05, 0.1) is 23.3 Å². The van der Waals surface area contributed by atoms with E-state index in [1.165, 1.54) is 19.3 Å². The molecule has 0 saturated heterocycles. The number of carbonyl (C=O) groups is 3. The molecular weight excluding hydrogens is 370 g/mol. The van der Waals surface area contributed by atoms with Crippen molar-refractivity contribution in [2.24, 2.45) is 0 Å². The summed E-state index contributed by atoms with van der Waals surface area (Å²) in [6.45, 7) is 4.92. The predicted octanol–water partition coefficient (Wildman–Crippen LogP) is 3.67. The van der Waals surface area contributed by atoms with Crippen molar-refractivity contribution in [2.75, 3.05) is 11.9 Å². The average Bonchev–Trinajstić information content (AvgIpc) is 3.34. The van der Waals surface area contributed by atoms with Crippen molar-refractivity contribution in [3.05, 3.63) is 46.2 Å². The third kappa shape index (κ3) is 3.68. The van der Waals surface area contributed by atoms with E-state index in [0.29, 0.717) is 21.9 Å². The first-order valence-corrected chi connectivity index (χ1v) is 8.96. The molecule has 0 unspecified atom stereocenters. The van der Waals surface area contributed by atoms with Crippen LogP contribution in [0.15, 0.2) is 28.9 Å². The SMILES string of the molecule is CCOC(=O)c1c(NC(=O)c2cc(-c3ccco3)[nH]n2)sc(C(C)=O)c1C. The Labute approximate surface area is 158 Å². The zero-order valence-electron chi connectivity index (χ0n) is 14.9. The second kappa shape index (κ2) is 7.58. The third-order valence-corrected chi connectivity index (χ3v) is 5.08. The number of thiophene rings is 1. The molecule has 8 nitrogen and oxygen atoms in total. The molecule has 0 aliphatic carbocycles. The average molecular weight is 387 g/mol. The molecule has 0 bridgehead atoms. The van der Waals surface area contributed by atoms with Crippen LogP contribution in [0, 0.1) is 6.92 Å². The lowest BCUT2D eigenvalue weighted by Gasteiger charge is -2.05. The Morgan fingerprint density at radius 3 is 2.78 bits per heavy atom. The lowest BCUT2D eigenvalue weighted by molar-refractivity contribution is 0.0527. The summed E-state index contributed by atoms with van der Waals surface area (Å²) in [6, 6.07) is 4.99. The number of anilines is 1. The normalized spacial score (nSPS) is 10.6. The van der Waals surface area contributed by atoms with Crippen LogP contribution in [0.5, 0.6) is 0 Å². The van der Waals surface area contributed by atoms with Crippen LogP contribution in [0.3, 0.4) is 0 Å². The van der Waals surface area contributed by atoms with E-state index in [9.17, 15) is 14.4 Å². The Balaban J connectivity index is 1.90. The van der Waals surface area contributed by atoms with Gasteiger partial charge in [0, 0.05) is 6.07 Å². The highest BCUT2D eigenvalue weighted by molar-refractivity contribution is 7.18. The molecule has 3 aromatic heterocycles. The molecule has 2 N–H and O–H groups in total. The van der Waals surface area contributed by atoms with Gasteiger partial charge in [0.1, 0.15) is 10.7 Å². The van der Waals surface area contributed by atoms with Crippen LogP contribution in [-0.4, -0.2) is 34.5 Å². The Kier molecular flexibility index (Phi) is 5.22. The van der Waals surface area contributed by atoms with Gasteiger partial charge < -0.3 is 14.5 Å². The van der Waals surface area contributed by atoms with Crippen LogP contribution in [0.1, 0.15) is 49.9 Å². The Morgan fingerprint density at radius 2 is 2.15 bits per heavy atom. The van der Waals surface area contributed by atoms with Gasteiger partial charge in [-0.2, -0.15) is 5.10 Å². The van der Waals surface area contributed by atoms with Crippen molar-refractivity contribution >= 4 is 34.0 Å². The standard InChI is InChI=1S/C18H17N3O5S/c1-4-25-18(24)14-9(2)15(10(3)22)27-17(14)19-16(23)12-8-11(20-21-12)13-6-5-7-26-13/h5-8H,4H2,1-3H3,(H,19,23)(H,20,21). The molecule has 3 aromatic rings. The molecule has 0 atom stereocenters. The van der Waals surface area contributed by atoms with E-state index >= 15 is 0 Å². The number of esters is 1. The number of carbonyl (C=O) groups excluding carboxylic acids is 3. The minimum absolute atomic E-state index is 0.117. The van der Waals surface area contributed by atoms with E-state index < -0.39 is 11.9 Å². The Bertz CT molecular complexity index is 1000. The summed E-state index contributed by atoms with van der Waals surface area (Å²) in [7, 11) is 0. The highest BCUT2D eigenvalue weighted by Gasteiger charge is 2.26. The number of H-pyrrole nitrogens is 1. The number of amides is 1. The number of rotatable bonds is 6. The lowest BCUT2D eigenvalue weighted by atomic mass is 10.1. The number of nitrogens with one attached hydrogen (secondary N) is 2. The summed E-state index contributed by atoms with van der Waals surface area (Å²) in [5.74, 6) is -0.763. The van der Waals surface area contributed by atoms with Gasteiger partial charge in [-0.25, -0.2) is 4.79 Å². The van der Waals surface area contributed by atoms with Crippen LogP contribution < -0.4 is 5.32 Å². The van der Waals surface area contributed by atoms with Gasteiger partial charge in [-0.05, 0) is 38.5 Å². The highest BCUT2D eigenvalue weighted by atomic mass is 32.1. The van der Waals surface area contributed by atoms with E-state index in [2.05, 4.69) is 15.5 Å². The maximum absolute atomic E-state index is 12.6. The molecule has 0 aliphatic heterocycles. The molecule has 1 amide bonds. The van der Waals surface area contributed by atoms with Crippen molar-refractivity contribution in [1.29, 1.82) is 0 Å². The van der Waals surface area contributed by atoms with E-state index in [-0.39, 0.29) is 28.6 Å². The fourth-order valence-corrected chi connectivity index (χ4v) is 3.63. The molecule has 0 saturated carbocycles. The van der Waals surface area contributed by atoms with E-state index in [0.717, 1.165) is 11.3 Å². The molecule has 0 radical (unpaired) electrons. The number of hydrogen-bond acceptors (Lipinski definition) is 7. The Morgan fingerprint density at radius 1 is 1.37 bits per heavy atom. The summed E-state index contributed by atoms with van der Waals surface area (Å²) in [4.78, 5) is 37.1. The number of ketones is 1. The first-order chi connectivity index (χ1) is 12.9. The molecule has 140 valence electrons. The number of aromatic nitrogens is 2. The summed E-state index contributed by atoms with van der Waals surface area (Å²) in [6.07, 6.45) is 1.51. The zero-order chi connectivity index (χ0) is 19.6. The number of aromatic amines is 1. The summed E-state index contributed by atoms with van der Waals surface area (Å²) >= 11 is 1.04. The van der Waals surface area contributed by atoms with Crippen molar-refractivity contribution < 1.29 is 23.5 Å². The quantitative estimate of drug-likeness (QED) is 0.493. The van der Waals surface area contributed by atoms with E-state index in [1.54, 1.807) is 26.0 Å². The first kappa shape index (κ1) is 18.6. The highest BCUT2D eigenvalue weighted by Crippen LogP contribution is 2.34. The molecule has 0 fully saturated rings. The van der Waals surface area contributed by atoms with Gasteiger partial charge >= 0.3 is 5.97 Å². The van der Waals surface area contributed by atoms with Gasteiger partial charge in [-0.1, -0.05) is 0 Å². The fraction of sp³-hybridized carbons (Fsp3) is 0.222. The van der Waals surface area contributed by atoms with Crippen molar-refractivity contribution in [2.45, 2.75) is 20.8 Å². The largest absolute Gasteiger partial charge is 0.463 e. The van der Waals surface area contributed by atoms with Gasteiger partial charge in [-0.15, -0.1) is 11.3 Å². The van der Waals surface area contributed by atoms with Gasteiger partial charge in [0.2, 0.25) is 0 Å². The van der Waals surface area contributed by atoms with Crippen LogP contribution in [0.4, 0.5) is 5.00 Å². The van der Waals surface area contributed by atoms with Gasteiger partial charge in [-0.3, -0.25) is 14.7 Å². The smallest absolute Gasteiger partial charge is 0.341 e. The van der Waals surface area contributed by atoms with E-state index in [4.69, 9.17) is 9.15 Å². The predicted molar refractivity (Wildman–Crippen MR) is 99.3 cm³/mol. The van der Waals surface area contributed by atoms with Gasteiger partial charge in [0.25, 0.3) is 5.91 Å². The van der Waals surface area contributed by atoms with Crippen LogP contribution >= 0.6 is 11.3 Å². The van der Waals surface area contributed by atoms with E-state index in [1.807, 2.05) is 0 Å². The second-order valence-electron chi connectivity index (χ2n) is 5.64. The summed E-state index contributed by atoms with van der Waals surface area (Å²) in [5.41, 5.74) is 1.33. The molecule has 0 spiro atoms. The number of nitrogens with zero attached hydrogens (tertiary/aromatic N) is 1. The summed E-state index contributed by atoms with van der Waals surface area (Å²) in [5, 5.41) is 9.60. The molecule has 3 heterocycles. The molecular formula is C18H17N3O5S. The van der Waals surface area contributed by atoms with Crippen LogP contribution in [0.2, 0.25) is 0 Å². The number of furan rings is 1. The number of Topliss-reactive ketones (excluding diaryl/α,β-unsaturated/α-hetero) is 1. The fourth-order valence-electron chi connectivity index (χ4n) is 2.55. The molecule has 9 heteroatoms. The number of hydrogen-bond donors (Lipinski definition) is 2. The van der Waals surface area contributed by atoms with Crippen molar-refractivity contribution in [3.63, 3.8) is 0 Å².